The highest BCUT2D eigenvalue weighted by molar-refractivity contribution is 6.30. The summed E-state index contributed by atoms with van der Waals surface area (Å²) in [5.74, 6) is 1.02. The molecule has 2 rings (SSSR count). The van der Waals surface area contributed by atoms with Gasteiger partial charge in [0, 0.05) is 22.3 Å². The number of nitrogens with one attached hydrogen (secondary N) is 2. The molecule has 25 heavy (non-hydrogen) atoms. The van der Waals surface area contributed by atoms with E-state index in [0.717, 1.165) is 16.8 Å². The molecule has 0 spiro atoms. The Hall–Kier alpha value is -2.73. The Labute approximate surface area is 151 Å². The lowest BCUT2D eigenvalue weighted by atomic mass is 10.2. The standard InChI is InChI=1S/C18H20ClN3O3/c1-12-8-14(19)5-7-16(12)20-11-18(23)22-21-10-13-4-6-15(24-2)9-17(13)25-3/h4-10,20H,11H2,1-3H3,(H,22,23). The van der Waals surface area contributed by atoms with E-state index in [1.807, 2.05) is 19.1 Å². The summed E-state index contributed by atoms with van der Waals surface area (Å²) in [6.07, 6.45) is 1.52. The summed E-state index contributed by atoms with van der Waals surface area (Å²) in [5, 5.41) is 7.65. The quantitative estimate of drug-likeness (QED) is 0.586. The van der Waals surface area contributed by atoms with Crippen LogP contribution in [0, 0.1) is 6.92 Å². The first-order chi connectivity index (χ1) is 12.0. The number of aryl methyl sites for hydroxylation is 1. The first kappa shape index (κ1) is 18.6. The zero-order valence-electron chi connectivity index (χ0n) is 14.3. The first-order valence-corrected chi connectivity index (χ1v) is 7.95. The van der Waals surface area contributed by atoms with Crippen molar-refractivity contribution in [2.75, 3.05) is 26.1 Å². The Kier molecular flexibility index (Phi) is 6.65. The summed E-state index contributed by atoms with van der Waals surface area (Å²) >= 11 is 5.91. The number of nitrogens with zero attached hydrogens (tertiary/aromatic N) is 1. The fourth-order valence-corrected chi connectivity index (χ4v) is 2.37. The van der Waals surface area contributed by atoms with Gasteiger partial charge in [-0.2, -0.15) is 5.10 Å². The van der Waals surface area contributed by atoms with E-state index < -0.39 is 0 Å². The zero-order chi connectivity index (χ0) is 18.2. The van der Waals surface area contributed by atoms with E-state index in [0.29, 0.717) is 16.5 Å². The SMILES string of the molecule is COc1ccc(C=NNC(=O)CNc2ccc(Cl)cc2C)c(OC)c1. The van der Waals surface area contributed by atoms with Crippen LogP contribution < -0.4 is 20.2 Å². The molecule has 0 fully saturated rings. The molecular formula is C18H20ClN3O3. The number of carbonyl (C=O) groups excluding carboxylic acids is 1. The second-order valence-corrected chi connectivity index (χ2v) is 5.65. The van der Waals surface area contributed by atoms with Crippen molar-refractivity contribution in [3.8, 4) is 11.5 Å². The highest BCUT2D eigenvalue weighted by Gasteiger charge is 2.04. The smallest absolute Gasteiger partial charge is 0.259 e. The molecule has 0 radical (unpaired) electrons. The minimum absolute atomic E-state index is 0.0968. The molecule has 132 valence electrons. The number of hydrazone groups is 1. The number of hydrogen-bond acceptors (Lipinski definition) is 5. The molecule has 0 aliphatic carbocycles. The predicted octanol–water partition coefficient (Wildman–Crippen LogP) is 3.23. The van der Waals surface area contributed by atoms with Crippen molar-refractivity contribution in [2.45, 2.75) is 6.92 Å². The van der Waals surface area contributed by atoms with Crippen molar-refractivity contribution in [1.29, 1.82) is 0 Å². The van der Waals surface area contributed by atoms with Crippen molar-refractivity contribution >= 4 is 29.4 Å². The largest absolute Gasteiger partial charge is 0.497 e. The molecule has 2 N–H and O–H groups in total. The molecule has 0 unspecified atom stereocenters. The third-order valence-electron chi connectivity index (χ3n) is 3.46. The van der Waals surface area contributed by atoms with Crippen molar-refractivity contribution in [2.24, 2.45) is 5.10 Å². The maximum absolute atomic E-state index is 11.9. The minimum Gasteiger partial charge on any atom is -0.497 e. The van der Waals surface area contributed by atoms with Crippen LogP contribution in [0.15, 0.2) is 41.5 Å². The van der Waals surface area contributed by atoms with Gasteiger partial charge in [-0.05, 0) is 42.8 Å². The average molecular weight is 362 g/mol. The molecule has 6 nitrogen and oxygen atoms in total. The van der Waals surface area contributed by atoms with E-state index >= 15 is 0 Å². The summed E-state index contributed by atoms with van der Waals surface area (Å²) in [6, 6.07) is 10.8. The number of benzene rings is 2. The molecular weight excluding hydrogens is 342 g/mol. The second-order valence-electron chi connectivity index (χ2n) is 5.21. The van der Waals surface area contributed by atoms with Gasteiger partial charge < -0.3 is 14.8 Å². The second kappa shape index (κ2) is 8.94. The molecule has 1 amide bonds. The fraction of sp³-hybridized carbons (Fsp3) is 0.222. The Balaban J connectivity index is 1.90. The van der Waals surface area contributed by atoms with Crippen LogP contribution >= 0.6 is 11.6 Å². The van der Waals surface area contributed by atoms with Crippen LogP contribution in [-0.4, -0.2) is 32.9 Å². The molecule has 0 atom stereocenters. The van der Waals surface area contributed by atoms with Gasteiger partial charge in [0.15, 0.2) is 0 Å². The number of anilines is 1. The summed E-state index contributed by atoms with van der Waals surface area (Å²) in [5.41, 5.74) is 5.01. The van der Waals surface area contributed by atoms with Crippen molar-refractivity contribution in [1.82, 2.24) is 5.43 Å². The maximum atomic E-state index is 11.9. The number of methoxy groups -OCH3 is 2. The average Bonchev–Trinajstić information content (AvgIpc) is 2.61. The van der Waals surface area contributed by atoms with Crippen molar-refractivity contribution in [3.63, 3.8) is 0 Å². The number of carbonyl (C=O) groups is 1. The summed E-state index contributed by atoms with van der Waals surface area (Å²) < 4.78 is 10.4. The monoisotopic (exact) mass is 361 g/mol. The van der Waals surface area contributed by atoms with Crippen molar-refractivity contribution in [3.05, 3.63) is 52.5 Å². The minimum atomic E-state index is -0.266. The van der Waals surface area contributed by atoms with Crippen LogP contribution in [0.5, 0.6) is 11.5 Å². The first-order valence-electron chi connectivity index (χ1n) is 7.57. The summed E-state index contributed by atoms with van der Waals surface area (Å²) in [7, 11) is 3.14. The molecule has 7 heteroatoms. The van der Waals surface area contributed by atoms with Gasteiger partial charge in [0.1, 0.15) is 11.5 Å². The summed E-state index contributed by atoms with van der Waals surface area (Å²) in [6.45, 7) is 2.01. The van der Waals surface area contributed by atoms with E-state index in [9.17, 15) is 4.79 Å². The Morgan fingerprint density at radius 3 is 2.68 bits per heavy atom. The topological polar surface area (TPSA) is 72.0 Å². The Morgan fingerprint density at radius 2 is 2.00 bits per heavy atom. The highest BCUT2D eigenvalue weighted by Crippen LogP contribution is 2.23. The number of hydrogen-bond donors (Lipinski definition) is 2. The van der Waals surface area contributed by atoms with Gasteiger partial charge in [-0.25, -0.2) is 5.43 Å². The molecule has 0 aromatic heterocycles. The molecule has 0 bridgehead atoms. The van der Waals surface area contributed by atoms with Gasteiger partial charge in [0.05, 0.1) is 27.0 Å². The van der Waals surface area contributed by atoms with E-state index in [1.165, 1.54) is 6.21 Å². The van der Waals surface area contributed by atoms with Crippen LogP contribution in [0.25, 0.3) is 0 Å². The van der Waals surface area contributed by atoms with Gasteiger partial charge in [-0.3, -0.25) is 4.79 Å². The van der Waals surface area contributed by atoms with Gasteiger partial charge in [-0.15, -0.1) is 0 Å². The molecule has 0 saturated heterocycles. The van der Waals surface area contributed by atoms with Crippen LogP contribution in [-0.2, 0) is 4.79 Å². The van der Waals surface area contributed by atoms with Crippen LogP contribution in [0.4, 0.5) is 5.69 Å². The number of halogens is 1. The van der Waals surface area contributed by atoms with Crippen molar-refractivity contribution < 1.29 is 14.3 Å². The van der Waals surface area contributed by atoms with E-state index in [4.69, 9.17) is 21.1 Å². The predicted molar refractivity (Wildman–Crippen MR) is 100.0 cm³/mol. The van der Waals surface area contributed by atoms with Gasteiger partial charge >= 0.3 is 0 Å². The van der Waals surface area contributed by atoms with Gasteiger partial charge in [-0.1, -0.05) is 11.6 Å². The third kappa shape index (κ3) is 5.39. The number of ether oxygens (including phenoxy) is 2. The van der Waals surface area contributed by atoms with E-state index in [2.05, 4.69) is 15.8 Å². The van der Waals surface area contributed by atoms with E-state index in [-0.39, 0.29) is 12.5 Å². The lowest BCUT2D eigenvalue weighted by Crippen LogP contribution is -2.26. The zero-order valence-corrected chi connectivity index (χ0v) is 15.1. The van der Waals surface area contributed by atoms with Crippen LogP contribution in [0.1, 0.15) is 11.1 Å². The number of rotatable bonds is 7. The fourth-order valence-electron chi connectivity index (χ4n) is 2.14. The van der Waals surface area contributed by atoms with Crippen LogP contribution in [0.3, 0.4) is 0 Å². The third-order valence-corrected chi connectivity index (χ3v) is 3.70. The molecule has 2 aromatic carbocycles. The normalized spacial score (nSPS) is 10.6. The Bertz CT molecular complexity index is 778. The molecule has 0 aliphatic rings. The summed E-state index contributed by atoms with van der Waals surface area (Å²) in [4.78, 5) is 11.9. The van der Waals surface area contributed by atoms with E-state index in [1.54, 1.807) is 38.5 Å². The van der Waals surface area contributed by atoms with Crippen LogP contribution in [0.2, 0.25) is 5.02 Å². The molecule has 0 heterocycles. The van der Waals surface area contributed by atoms with Gasteiger partial charge in [0.25, 0.3) is 5.91 Å². The van der Waals surface area contributed by atoms with Gasteiger partial charge in [0.2, 0.25) is 0 Å². The number of amides is 1. The highest BCUT2D eigenvalue weighted by atomic mass is 35.5. The lowest BCUT2D eigenvalue weighted by molar-refractivity contribution is -0.119. The molecule has 0 saturated carbocycles. The molecule has 0 aliphatic heterocycles. The maximum Gasteiger partial charge on any atom is 0.259 e. The lowest BCUT2D eigenvalue weighted by Gasteiger charge is -2.09. The molecule has 2 aromatic rings. The Morgan fingerprint density at radius 1 is 1.20 bits per heavy atom.